The number of fused-ring (bicyclic) bond motifs is 2. The van der Waals surface area contributed by atoms with Crippen molar-refractivity contribution >= 4 is 46.3 Å². The van der Waals surface area contributed by atoms with Gasteiger partial charge in [-0.3, -0.25) is 19.5 Å². The molecule has 1 heterocycles. The van der Waals surface area contributed by atoms with Gasteiger partial charge in [0.05, 0.1) is 22.8 Å². The van der Waals surface area contributed by atoms with Crippen LogP contribution in [0.15, 0.2) is 47.5 Å². The number of hydrogen-bond acceptors (Lipinski definition) is 4. The molecule has 0 radical (unpaired) electrons. The van der Waals surface area contributed by atoms with Crippen molar-refractivity contribution in [3.63, 3.8) is 0 Å². The molecule has 0 aliphatic carbocycles. The van der Waals surface area contributed by atoms with Gasteiger partial charge < -0.3 is 10.0 Å². The lowest BCUT2D eigenvalue weighted by Gasteiger charge is -2.25. The lowest BCUT2D eigenvalue weighted by molar-refractivity contribution is -0.137. The monoisotopic (exact) mass is 469 g/mol. The summed E-state index contributed by atoms with van der Waals surface area (Å²) >= 11 is 6.29. The summed E-state index contributed by atoms with van der Waals surface area (Å²) < 4.78 is 0. The van der Waals surface area contributed by atoms with Crippen molar-refractivity contribution in [1.29, 1.82) is 0 Å². The Hall–Kier alpha value is -2.70. The fourth-order valence-electron chi connectivity index (χ4n) is 4.16. The Morgan fingerprint density at radius 2 is 1.79 bits per heavy atom. The predicted molar refractivity (Wildman–Crippen MR) is 134 cm³/mol. The molecule has 0 unspecified atom stereocenters. The number of carboxylic acids is 1. The summed E-state index contributed by atoms with van der Waals surface area (Å²) in [6.45, 7) is 4.21. The fraction of sp³-hybridized carbons (Fsp3) is 0.423. The van der Waals surface area contributed by atoms with Gasteiger partial charge >= 0.3 is 5.97 Å². The number of aliphatic imine (C=N–C) groups is 1. The maximum absolute atomic E-state index is 13.4. The lowest BCUT2D eigenvalue weighted by atomic mass is 10.0. The van der Waals surface area contributed by atoms with Gasteiger partial charge in [0.25, 0.3) is 0 Å². The third kappa shape index (κ3) is 6.65. The average Bonchev–Trinajstić information content (AvgIpc) is 2.91. The second-order valence-electron chi connectivity index (χ2n) is 8.45. The highest BCUT2D eigenvalue weighted by Crippen LogP contribution is 2.42. The van der Waals surface area contributed by atoms with Crippen molar-refractivity contribution < 1.29 is 14.7 Å². The molecule has 0 atom stereocenters. The van der Waals surface area contributed by atoms with E-state index in [1.165, 1.54) is 0 Å². The van der Waals surface area contributed by atoms with Gasteiger partial charge in [-0.25, -0.2) is 0 Å². The highest BCUT2D eigenvalue weighted by atomic mass is 35.5. The van der Waals surface area contributed by atoms with Crippen LogP contribution in [0.3, 0.4) is 0 Å². The summed E-state index contributed by atoms with van der Waals surface area (Å²) in [6.07, 6.45) is 4.19. The number of benzene rings is 2. The number of carbonyl (C=O) groups is 2. The molecule has 0 bridgehead atoms. The number of aliphatic carboxylic acids is 1. The van der Waals surface area contributed by atoms with Crippen LogP contribution in [0.25, 0.3) is 0 Å². The van der Waals surface area contributed by atoms with E-state index in [2.05, 4.69) is 18.9 Å². The number of amides is 1. The molecular weight excluding hydrogens is 438 g/mol. The Labute approximate surface area is 200 Å². The normalized spacial score (nSPS) is 12.7. The van der Waals surface area contributed by atoms with E-state index in [0.717, 1.165) is 49.3 Å². The van der Waals surface area contributed by atoms with Crippen LogP contribution in [-0.4, -0.2) is 47.7 Å². The Morgan fingerprint density at radius 3 is 2.55 bits per heavy atom. The third-order valence-corrected chi connectivity index (χ3v) is 5.96. The Bertz CT molecular complexity index is 1020. The van der Waals surface area contributed by atoms with E-state index in [0.29, 0.717) is 29.2 Å². The predicted octanol–water partition coefficient (Wildman–Crippen LogP) is 6.21. The molecule has 0 spiro atoms. The fourth-order valence-corrected chi connectivity index (χ4v) is 4.32. The van der Waals surface area contributed by atoms with Gasteiger partial charge in [0, 0.05) is 23.4 Å². The first kappa shape index (κ1) is 24.9. The molecule has 1 aliphatic heterocycles. The second-order valence-corrected chi connectivity index (χ2v) is 8.88. The molecule has 0 aromatic heterocycles. The molecule has 2 aromatic rings. The molecule has 2 aromatic carbocycles. The molecule has 1 N–H and O–H groups in total. The first-order chi connectivity index (χ1) is 15.9. The van der Waals surface area contributed by atoms with Crippen molar-refractivity contribution in [3.8, 4) is 0 Å². The van der Waals surface area contributed by atoms with E-state index in [1.807, 2.05) is 30.3 Å². The quantitative estimate of drug-likeness (QED) is 0.397. The van der Waals surface area contributed by atoms with Crippen LogP contribution < -0.4 is 4.90 Å². The summed E-state index contributed by atoms with van der Waals surface area (Å²) in [6, 6.07) is 13.3. The highest BCUT2D eigenvalue weighted by molar-refractivity contribution is 6.31. The number of anilines is 2. The van der Waals surface area contributed by atoms with Crippen LogP contribution in [-0.2, 0) is 9.59 Å². The van der Waals surface area contributed by atoms with Gasteiger partial charge in [-0.05, 0) is 76.5 Å². The first-order valence-corrected chi connectivity index (χ1v) is 12.0. The summed E-state index contributed by atoms with van der Waals surface area (Å²) in [5.41, 5.74) is 4.08. The third-order valence-electron chi connectivity index (χ3n) is 5.73. The topological polar surface area (TPSA) is 73.2 Å². The zero-order valence-electron chi connectivity index (χ0n) is 19.4. The van der Waals surface area contributed by atoms with Crippen molar-refractivity contribution in [2.45, 2.75) is 51.9 Å². The van der Waals surface area contributed by atoms with Crippen molar-refractivity contribution in [3.05, 3.63) is 53.1 Å². The molecule has 6 nitrogen and oxygen atoms in total. The molecule has 176 valence electrons. The number of hydrogen-bond donors (Lipinski definition) is 1. The van der Waals surface area contributed by atoms with E-state index in [9.17, 15) is 9.59 Å². The van der Waals surface area contributed by atoms with Crippen LogP contribution in [0.5, 0.6) is 0 Å². The SMILES string of the molecule is CCCN(C)CCCC1=Nc2cc(Cl)ccc2N(C(=O)CCCCC(=O)O)c2ccccc21. The Kier molecular flexibility index (Phi) is 9.03. The van der Waals surface area contributed by atoms with E-state index in [1.54, 1.807) is 17.0 Å². The van der Waals surface area contributed by atoms with Crippen LogP contribution >= 0.6 is 11.6 Å². The van der Waals surface area contributed by atoms with Gasteiger partial charge in [0.1, 0.15) is 0 Å². The molecule has 1 amide bonds. The number of halogens is 1. The van der Waals surface area contributed by atoms with E-state index < -0.39 is 5.97 Å². The van der Waals surface area contributed by atoms with Crippen LogP contribution in [0.4, 0.5) is 17.1 Å². The lowest BCUT2D eigenvalue weighted by Crippen LogP contribution is -2.26. The van der Waals surface area contributed by atoms with Crippen molar-refractivity contribution in [2.24, 2.45) is 4.99 Å². The maximum atomic E-state index is 13.4. The molecule has 0 saturated carbocycles. The highest BCUT2D eigenvalue weighted by Gasteiger charge is 2.27. The molecule has 0 fully saturated rings. The van der Waals surface area contributed by atoms with Crippen molar-refractivity contribution in [1.82, 2.24) is 4.90 Å². The number of carboxylic acid groups (broad SMARTS) is 1. The average molecular weight is 470 g/mol. The summed E-state index contributed by atoms with van der Waals surface area (Å²) in [4.78, 5) is 33.2. The summed E-state index contributed by atoms with van der Waals surface area (Å²) in [5.74, 6) is -0.916. The Morgan fingerprint density at radius 1 is 1.03 bits per heavy atom. The smallest absolute Gasteiger partial charge is 0.303 e. The minimum Gasteiger partial charge on any atom is -0.481 e. The number of carbonyl (C=O) groups excluding carboxylic acids is 1. The minimum atomic E-state index is -0.842. The summed E-state index contributed by atoms with van der Waals surface area (Å²) in [5, 5.41) is 9.46. The number of rotatable bonds is 11. The van der Waals surface area contributed by atoms with Gasteiger partial charge in [0.2, 0.25) is 5.91 Å². The van der Waals surface area contributed by atoms with Gasteiger partial charge in [0.15, 0.2) is 0 Å². The zero-order valence-corrected chi connectivity index (χ0v) is 20.1. The molecule has 7 heteroatoms. The number of para-hydroxylation sites is 1. The number of unbranched alkanes of at least 4 members (excludes halogenated alkanes) is 1. The van der Waals surface area contributed by atoms with Crippen molar-refractivity contribution in [2.75, 3.05) is 25.0 Å². The molecule has 33 heavy (non-hydrogen) atoms. The number of nitrogens with zero attached hydrogens (tertiary/aromatic N) is 3. The van der Waals surface area contributed by atoms with E-state index in [-0.39, 0.29) is 18.7 Å². The van der Waals surface area contributed by atoms with Gasteiger partial charge in [-0.2, -0.15) is 0 Å². The van der Waals surface area contributed by atoms with Crippen LogP contribution in [0, 0.1) is 0 Å². The summed E-state index contributed by atoms with van der Waals surface area (Å²) in [7, 11) is 2.13. The molecule has 3 rings (SSSR count). The van der Waals surface area contributed by atoms with Gasteiger partial charge in [-0.1, -0.05) is 36.7 Å². The molecular formula is C26H32ClN3O3. The Balaban J connectivity index is 1.92. The molecule has 0 saturated heterocycles. The van der Waals surface area contributed by atoms with E-state index >= 15 is 0 Å². The zero-order chi connectivity index (χ0) is 23.8. The standard InChI is InChI=1S/C26H32ClN3O3/c1-3-16-29(2)17-8-10-21-20-9-4-5-11-23(20)30(25(31)12-6-7-13-26(32)33)24-15-14-19(27)18-22(24)28-21/h4-5,9,11,14-15,18H,3,6-8,10,12-13,16-17H2,1-2H3,(H,32,33). The second kappa shape index (κ2) is 12.0. The maximum Gasteiger partial charge on any atom is 0.303 e. The van der Waals surface area contributed by atoms with Crippen LogP contribution in [0.2, 0.25) is 5.02 Å². The first-order valence-electron chi connectivity index (χ1n) is 11.6. The minimum absolute atomic E-state index is 0.0653. The van der Waals surface area contributed by atoms with Gasteiger partial charge in [-0.15, -0.1) is 0 Å². The van der Waals surface area contributed by atoms with Crippen LogP contribution in [0.1, 0.15) is 57.4 Å². The van der Waals surface area contributed by atoms with E-state index in [4.69, 9.17) is 21.7 Å². The largest absolute Gasteiger partial charge is 0.481 e. The molecule has 1 aliphatic rings.